The van der Waals surface area contributed by atoms with Crippen LogP contribution in [0, 0.1) is 17.7 Å². The summed E-state index contributed by atoms with van der Waals surface area (Å²) in [6, 6.07) is 4.57. The van der Waals surface area contributed by atoms with Gasteiger partial charge in [-0.1, -0.05) is 22.9 Å². The van der Waals surface area contributed by atoms with Crippen LogP contribution in [-0.2, 0) is 4.74 Å². The van der Waals surface area contributed by atoms with Crippen LogP contribution in [0.4, 0.5) is 4.39 Å². The summed E-state index contributed by atoms with van der Waals surface area (Å²) in [7, 11) is 0. The standard InChI is InChI=1S/C14H19BrFNO/c1-7-8(2)18-9(3)13(7)14(17)11-6-10(15)4-5-12(11)16/h4-9,13-14H,17H2,1-3H3. The molecule has 0 spiro atoms. The van der Waals surface area contributed by atoms with E-state index in [9.17, 15) is 4.39 Å². The lowest BCUT2D eigenvalue weighted by molar-refractivity contribution is 0.0488. The molecule has 0 bridgehead atoms. The second-order valence-electron chi connectivity index (χ2n) is 5.17. The maximum absolute atomic E-state index is 13.9. The average molecular weight is 316 g/mol. The van der Waals surface area contributed by atoms with Gasteiger partial charge < -0.3 is 10.5 Å². The van der Waals surface area contributed by atoms with E-state index in [2.05, 4.69) is 22.9 Å². The largest absolute Gasteiger partial charge is 0.375 e. The minimum absolute atomic E-state index is 0.0587. The van der Waals surface area contributed by atoms with Gasteiger partial charge in [0.25, 0.3) is 0 Å². The van der Waals surface area contributed by atoms with Gasteiger partial charge in [0.2, 0.25) is 0 Å². The molecule has 18 heavy (non-hydrogen) atoms. The van der Waals surface area contributed by atoms with Crippen LogP contribution in [0.1, 0.15) is 32.4 Å². The molecule has 100 valence electrons. The van der Waals surface area contributed by atoms with Crippen molar-refractivity contribution in [2.24, 2.45) is 17.6 Å². The Kier molecular flexibility index (Phi) is 4.09. The Labute approximate surface area is 116 Å². The van der Waals surface area contributed by atoms with Crippen molar-refractivity contribution in [2.45, 2.75) is 39.0 Å². The van der Waals surface area contributed by atoms with Gasteiger partial charge in [0.15, 0.2) is 0 Å². The monoisotopic (exact) mass is 315 g/mol. The zero-order chi connectivity index (χ0) is 13.4. The number of nitrogens with two attached hydrogens (primary N) is 1. The van der Waals surface area contributed by atoms with Crippen molar-refractivity contribution in [3.8, 4) is 0 Å². The Hall–Kier alpha value is -0.450. The number of rotatable bonds is 2. The highest BCUT2D eigenvalue weighted by molar-refractivity contribution is 9.10. The Bertz CT molecular complexity index is 440. The minimum Gasteiger partial charge on any atom is -0.375 e. The molecule has 0 aromatic heterocycles. The average Bonchev–Trinajstić information content (AvgIpc) is 2.56. The van der Waals surface area contributed by atoms with Crippen molar-refractivity contribution >= 4 is 15.9 Å². The third kappa shape index (κ3) is 2.46. The molecule has 2 rings (SSSR count). The molecule has 1 heterocycles. The van der Waals surface area contributed by atoms with Crippen LogP contribution in [0.3, 0.4) is 0 Å². The molecule has 2 nitrogen and oxygen atoms in total. The molecule has 1 aliphatic rings. The van der Waals surface area contributed by atoms with E-state index in [4.69, 9.17) is 10.5 Å². The second-order valence-corrected chi connectivity index (χ2v) is 6.09. The Balaban J connectivity index is 2.30. The molecular weight excluding hydrogens is 297 g/mol. The Morgan fingerprint density at radius 2 is 1.94 bits per heavy atom. The number of hydrogen-bond donors (Lipinski definition) is 1. The zero-order valence-electron chi connectivity index (χ0n) is 10.9. The molecular formula is C14H19BrFNO. The first-order valence-corrected chi connectivity index (χ1v) is 7.07. The van der Waals surface area contributed by atoms with Crippen LogP contribution in [0.15, 0.2) is 22.7 Å². The van der Waals surface area contributed by atoms with Crippen molar-refractivity contribution < 1.29 is 9.13 Å². The molecule has 0 aliphatic carbocycles. The smallest absolute Gasteiger partial charge is 0.128 e. The first-order valence-electron chi connectivity index (χ1n) is 6.27. The lowest BCUT2D eigenvalue weighted by Gasteiger charge is -2.26. The summed E-state index contributed by atoms with van der Waals surface area (Å²) < 4.78 is 20.5. The SMILES string of the molecule is CC1OC(C)C(C(N)c2cc(Br)ccc2F)C1C. The van der Waals surface area contributed by atoms with Crippen molar-refractivity contribution in [1.29, 1.82) is 0 Å². The van der Waals surface area contributed by atoms with Crippen molar-refractivity contribution in [2.75, 3.05) is 0 Å². The molecule has 1 aromatic carbocycles. The minimum atomic E-state index is -0.336. The molecule has 1 saturated heterocycles. The van der Waals surface area contributed by atoms with E-state index < -0.39 is 0 Å². The van der Waals surface area contributed by atoms with Crippen LogP contribution >= 0.6 is 15.9 Å². The highest BCUT2D eigenvalue weighted by Gasteiger charge is 2.41. The fourth-order valence-electron chi connectivity index (χ4n) is 2.89. The molecule has 5 atom stereocenters. The normalized spacial score (nSPS) is 33.7. The van der Waals surface area contributed by atoms with Gasteiger partial charge >= 0.3 is 0 Å². The first kappa shape index (κ1) is 14.0. The van der Waals surface area contributed by atoms with Crippen molar-refractivity contribution in [3.05, 3.63) is 34.1 Å². The summed E-state index contributed by atoms with van der Waals surface area (Å²) in [6.07, 6.45) is 0.231. The lowest BCUT2D eigenvalue weighted by atomic mass is 9.81. The van der Waals surface area contributed by atoms with Gasteiger partial charge in [-0.2, -0.15) is 0 Å². The number of benzene rings is 1. The maximum atomic E-state index is 13.9. The van der Waals surface area contributed by atoms with E-state index in [1.54, 1.807) is 12.1 Å². The molecule has 1 aliphatic heterocycles. The van der Waals surface area contributed by atoms with Gasteiger partial charge in [0.1, 0.15) is 5.82 Å². The van der Waals surface area contributed by atoms with Crippen molar-refractivity contribution in [3.63, 3.8) is 0 Å². The van der Waals surface area contributed by atoms with Gasteiger partial charge in [-0.15, -0.1) is 0 Å². The van der Waals surface area contributed by atoms with Crippen LogP contribution in [-0.4, -0.2) is 12.2 Å². The van der Waals surface area contributed by atoms with Gasteiger partial charge in [-0.3, -0.25) is 0 Å². The predicted octanol–water partition coefficient (Wildman–Crippen LogP) is 3.65. The molecule has 2 N–H and O–H groups in total. The highest BCUT2D eigenvalue weighted by Crippen LogP contribution is 2.40. The lowest BCUT2D eigenvalue weighted by Crippen LogP contribution is -2.31. The fourth-order valence-corrected chi connectivity index (χ4v) is 3.27. The summed E-state index contributed by atoms with van der Waals surface area (Å²) in [5.74, 6) is 0.224. The Morgan fingerprint density at radius 1 is 1.28 bits per heavy atom. The topological polar surface area (TPSA) is 35.2 Å². The quantitative estimate of drug-likeness (QED) is 0.904. The van der Waals surface area contributed by atoms with Crippen LogP contribution < -0.4 is 5.73 Å². The van der Waals surface area contributed by atoms with E-state index >= 15 is 0 Å². The summed E-state index contributed by atoms with van der Waals surface area (Å²) in [5, 5.41) is 0. The second kappa shape index (κ2) is 5.27. The third-order valence-electron chi connectivity index (χ3n) is 4.05. The third-order valence-corrected chi connectivity index (χ3v) is 4.54. The highest BCUT2D eigenvalue weighted by atomic mass is 79.9. The van der Waals surface area contributed by atoms with Gasteiger partial charge in [0, 0.05) is 22.0 Å². The van der Waals surface area contributed by atoms with Crippen molar-refractivity contribution in [1.82, 2.24) is 0 Å². The van der Waals surface area contributed by atoms with E-state index in [1.807, 2.05) is 13.8 Å². The molecule has 0 saturated carbocycles. The maximum Gasteiger partial charge on any atom is 0.128 e. The van der Waals surface area contributed by atoms with Crippen LogP contribution in [0.25, 0.3) is 0 Å². The van der Waals surface area contributed by atoms with E-state index in [0.29, 0.717) is 11.5 Å². The van der Waals surface area contributed by atoms with Gasteiger partial charge in [-0.25, -0.2) is 4.39 Å². The number of hydrogen-bond acceptors (Lipinski definition) is 2. The Morgan fingerprint density at radius 3 is 2.50 bits per heavy atom. The van der Waals surface area contributed by atoms with E-state index in [1.165, 1.54) is 6.07 Å². The van der Waals surface area contributed by atoms with Crippen LogP contribution in [0.5, 0.6) is 0 Å². The summed E-state index contributed by atoms with van der Waals surface area (Å²) in [5.41, 5.74) is 6.83. The molecule has 1 fully saturated rings. The van der Waals surface area contributed by atoms with E-state index in [0.717, 1.165) is 4.47 Å². The summed E-state index contributed by atoms with van der Waals surface area (Å²) in [6.45, 7) is 6.18. The molecule has 1 aromatic rings. The number of halogens is 2. The fraction of sp³-hybridized carbons (Fsp3) is 0.571. The summed E-state index contributed by atoms with van der Waals surface area (Å²) >= 11 is 3.36. The molecule has 4 heteroatoms. The predicted molar refractivity (Wildman–Crippen MR) is 73.7 cm³/mol. The summed E-state index contributed by atoms with van der Waals surface area (Å²) in [4.78, 5) is 0. The molecule has 0 radical (unpaired) electrons. The van der Waals surface area contributed by atoms with Gasteiger partial charge in [0.05, 0.1) is 12.2 Å². The first-order chi connectivity index (χ1) is 8.41. The van der Waals surface area contributed by atoms with Crippen LogP contribution in [0.2, 0.25) is 0 Å². The van der Waals surface area contributed by atoms with E-state index in [-0.39, 0.29) is 30.0 Å². The van der Waals surface area contributed by atoms with Gasteiger partial charge in [-0.05, 0) is 38.0 Å². The molecule has 0 amide bonds. The zero-order valence-corrected chi connectivity index (χ0v) is 12.4. The molecule has 5 unspecified atom stereocenters. The number of ether oxygens (including phenoxy) is 1.